The van der Waals surface area contributed by atoms with E-state index in [0.717, 1.165) is 17.2 Å². The third kappa shape index (κ3) is 2.61. The molecule has 2 aromatic heterocycles. The fraction of sp³-hybridized carbons (Fsp3) is 0.250. The summed E-state index contributed by atoms with van der Waals surface area (Å²) in [6.45, 7) is 0.164. The molecule has 0 aliphatic heterocycles. The molecule has 2 heterocycles. The van der Waals surface area contributed by atoms with Crippen LogP contribution in [0.3, 0.4) is 0 Å². The average Bonchev–Trinajstić information content (AvgIpc) is 2.38. The zero-order chi connectivity index (χ0) is 11.2. The summed E-state index contributed by atoms with van der Waals surface area (Å²) in [4.78, 5) is 12.8. The third-order valence-electron chi connectivity index (χ3n) is 2.19. The second kappa shape index (κ2) is 5.32. The molecule has 1 N–H and O–H groups in total. The number of nitrogens with zero attached hydrogens (tertiary/aromatic N) is 3. The largest absolute Gasteiger partial charge is 0.396 e. The zero-order valence-electron chi connectivity index (χ0n) is 8.87. The van der Waals surface area contributed by atoms with Crippen LogP contribution in [-0.2, 0) is 6.42 Å². The van der Waals surface area contributed by atoms with Gasteiger partial charge in [0.25, 0.3) is 0 Å². The van der Waals surface area contributed by atoms with E-state index in [1.165, 1.54) is 0 Å². The van der Waals surface area contributed by atoms with Crippen LogP contribution in [0, 0.1) is 0 Å². The fourth-order valence-electron chi connectivity index (χ4n) is 1.41. The first-order chi connectivity index (χ1) is 7.90. The zero-order valence-corrected chi connectivity index (χ0v) is 8.87. The molecule has 2 rings (SSSR count). The number of aliphatic hydroxyl groups excluding tert-OH is 1. The maximum absolute atomic E-state index is 8.75. The van der Waals surface area contributed by atoms with Crippen LogP contribution in [0.15, 0.2) is 36.7 Å². The first kappa shape index (κ1) is 10.7. The summed E-state index contributed by atoms with van der Waals surface area (Å²) in [5, 5.41) is 8.75. The van der Waals surface area contributed by atoms with Crippen molar-refractivity contribution in [3.05, 3.63) is 42.5 Å². The molecule has 0 amide bonds. The summed E-state index contributed by atoms with van der Waals surface area (Å²) in [5.41, 5.74) is 1.67. The normalized spacial score (nSPS) is 10.3. The van der Waals surface area contributed by atoms with Gasteiger partial charge in [0.1, 0.15) is 5.82 Å². The fourth-order valence-corrected chi connectivity index (χ4v) is 1.41. The van der Waals surface area contributed by atoms with Crippen molar-refractivity contribution >= 4 is 0 Å². The topological polar surface area (TPSA) is 58.9 Å². The van der Waals surface area contributed by atoms with Gasteiger partial charge in [0, 0.05) is 25.4 Å². The highest BCUT2D eigenvalue weighted by Crippen LogP contribution is 2.12. The molecule has 0 saturated heterocycles. The van der Waals surface area contributed by atoms with Crippen LogP contribution < -0.4 is 0 Å². The van der Waals surface area contributed by atoms with Crippen LogP contribution in [0.25, 0.3) is 11.4 Å². The number of aryl methyl sites for hydroxylation is 1. The van der Waals surface area contributed by atoms with Crippen molar-refractivity contribution in [3.8, 4) is 11.4 Å². The summed E-state index contributed by atoms with van der Waals surface area (Å²) < 4.78 is 0. The van der Waals surface area contributed by atoms with Crippen molar-refractivity contribution in [1.29, 1.82) is 0 Å². The van der Waals surface area contributed by atoms with E-state index in [9.17, 15) is 0 Å². The monoisotopic (exact) mass is 215 g/mol. The van der Waals surface area contributed by atoms with Crippen molar-refractivity contribution < 1.29 is 5.11 Å². The quantitative estimate of drug-likeness (QED) is 0.838. The Balaban J connectivity index is 2.22. The molecule has 82 valence electrons. The van der Waals surface area contributed by atoms with E-state index in [4.69, 9.17) is 5.11 Å². The molecule has 16 heavy (non-hydrogen) atoms. The van der Waals surface area contributed by atoms with Gasteiger partial charge in [0.15, 0.2) is 0 Å². The van der Waals surface area contributed by atoms with Gasteiger partial charge in [-0.25, -0.2) is 9.97 Å². The van der Waals surface area contributed by atoms with Crippen LogP contribution in [0.5, 0.6) is 0 Å². The van der Waals surface area contributed by atoms with Gasteiger partial charge in [-0.3, -0.25) is 4.98 Å². The van der Waals surface area contributed by atoms with Crippen LogP contribution in [0.1, 0.15) is 12.2 Å². The van der Waals surface area contributed by atoms with Crippen molar-refractivity contribution in [2.75, 3.05) is 6.61 Å². The lowest BCUT2D eigenvalue weighted by Gasteiger charge is -2.02. The highest BCUT2D eigenvalue weighted by atomic mass is 16.2. The van der Waals surface area contributed by atoms with Crippen LogP contribution in [0.2, 0.25) is 0 Å². The molecule has 4 nitrogen and oxygen atoms in total. The Morgan fingerprint density at radius 2 is 1.94 bits per heavy atom. The van der Waals surface area contributed by atoms with E-state index in [1.807, 2.05) is 24.3 Å². The predicted molar refractivity (Wildman–Crippen MR) is 60.7 cm³/mol. The summed E-state index contributed by atoms with van der Waals surface area (Å²) in [7, 11) is 0. The first-order valence-electron chi connectivity index (χ1n) is 5.24. The van der Waals surface area contributed by atoms with Crippen LogP contribution in [0.4, 0.5) is 0 Å². The Hall–Kier alpha value is -1.81. The van der Waals surface area contributed by atoms with Crippen LogP contribution >= 0.6 is 0 Å². The molecule has 4 heteroatoms. The molecule has 0 aliphatic rings. The molecule has 0 aliphatic carbocycles. The molecular formula is C12H13N3O. The van der Waals surface area contributed by atoms with Gasteiger partial charge in [-0.1, -0.05) is 6.07 Å². The van der Waals surface area contributed by atoms with Gasteiger partial charge in [0.2, 0.25) is 0 Å². The molecule has 0 aromatic carbocycles. The SMILES string of the molecule is OCCCc1nccc(-c2ccccn2)n1. The second-order valence-electron chi connectivity index (χ2n) is 3.40. The smallest absolute Gasteiger partial charge is 0.129 e. The molecule has 0 unspecified atom stereocenters. The minimum atomic E-state index is 0.164. The number of hydrogen-bond donors (Lipinski definition) is 1. The number of aromatic nitrogens is 3. The minimum absolute atomic E-state index is 0.164. The van der Waals surface area contributed by atoms with E-state index in [0.29, 0.717) is 12.8 Å². The van der Waals surface area contributed by atoms with Gasteiger partial charge < -0.3 is 5.11 Å². The van der Waals surface area contributed by atoms with E-state index in [1.54, 1.807) is 12.4 Å². The molecule has 0 atom stereocenters. The van der Waals surface area contributed by atoms with Gasteiger partial charge in [-0.15, -0.1) is 0 Å². The maximum atomic E-state index is 8.75. The van der Waals surface area contributed by atoms with Gasteiger partial charge >= 0.3 is 0 Å². The number of hydrogen-bond acceptors (Lipinski definition) is 4. The Kier molecular flexibility index (Phi) is 3.56. The minimum Gasteiger partial charge on any atom is -0.396 e. The summed E-state index contributed by atoms with van der Waals surface area (Å²) >= 11 is 0. The average molecular weight is 215 g/mol. The highest BCUT2D eigenvalue weighted by molar-refractivity contribution is 5.52. The van der Waals surface area contributed by atoms with Gasteiger partial charge in [0.05, 0.1) is 11.4 Å². The van der Waals surface area contributed by atoms with Crippen molar-refractivity contribution in [3.63, 3.8) is 0 Å². The van der Waals surface area contributed by atoms with Crippen molar-refractivity contribution in [1.82, 2.24) is 15.0 Å². The Bertz CT molecular complexity index is 445. The first-order valence-corrected chi connectivity index (χ1v) is 5.24. The summed E-state index contributed by atoms with van der Waals surface area (Å²) in [5.74, 6) is 0.747. The summed E-state index contributed by atoms with van der Waals surface area (Å²) in [6, 6.07) is 7.55. The lowest BCUT2D eigenvalue weighted by atomic mass is 10.2. The third-order valence-corrected chi connectivity index (χ3v) is 2.19. The van der Waals surface area contributed by atoms with Crippen LogP contribution in [-0.4, -0.2) is 26.7 Å². The molecule has 0 radical (unpaired) electrons. The molecule has 0 fully saturated rings. The standard InChI is InChI=1S/C12H13N3O/c16-9-3-5-12-14-8-6-11(15-12)10-4-1-2-7-13-10/h1-2,4,6-8,16H,3,5,9H2. The lowest BCUT2D eigenvalue weighted by Crippen LogP contribution is -1.98. The molecule has 0 bridgehead atoms. The molecule has 2 aromatic rings. The highest BCUT2D eigenvalue weighted by Gasteiger charge is 2.02. The number of pyridine rings is 1. The lowest BCUT2D eigenvalue weighted by molar-refractivity contribution is 0.287. The maximum Gasteiger partial charge on any atom is 0.129 e. The Morgan fingerprint density at radius 1 is 1.00 bits per heavy atom. The van der Waals surface area contributed by atoms with E-state index < -0.39 is 0 Å². The van der Waals surface area contributed by atoms with E-state index in [2.05, 4.69) is 15.0 Å². The summed E-state index contributed by atoms with van der Waals surface area (Å²) in [6.07, 6.45) is 4.84. The molecular weight excluding hydrogens is 202 g/mol. The molecule has 0 spiro atoms. The van der Waals surface area contributed by atoms with Crippen molar-refractivity contribution in [2.24, 2.45) is 0 Å². The van der Waals surface area contributed by atoms with E-state index >= 15 is 0 Å². The van der Waals surface area contributed by atoms with E-state index in [-0.39, 0.29) is 6.61 Å². The second-order valence-corrected chi connectivity index (χ2v) is 3.40. The molecule has 0 saturated carbocycles. The van der Waals surface area contributed by atoms with Gasteiger partial charge in [-0.2, -0.15) is 0 Å². The number of rotatable bonds is 4. The Morgan fingerprint density at radius 3 is 2.69 bits per heavy atom. The van der Waals surface area contributed by atoms with Gasteiger partial charge in [-0.05, 0) is 24.6 Å². The van der Waals surface area contributed by atoms with Crippen molar-refractivity contribution in [2.45, 2.75) is 12.8 Å². The number of aliphatic hydroxyl groups is 1. The predicted octanol–water partition coefficient (Wildman–Crippen LogP) is 1.46. The Labute approximate surface area is 94.0 Å².